The standard InChI is InChI=1S/C14H22N2O2S/c1-9-8-11(12(13(15)19)10(2)16-9)18-7-6-14(3,4)17-5/h8H,6-7H2,1-5H3,(H2,15,19). The van der Waals surface area contributed by atoms with Crippen LogP contribution in [0.25, 0.3) is 0 Å². The van der Waals surface area contributed by atoms with Gasteiger partial charge in [0.05, 0.1) is 23.5 Å². The summed E-state index contributed by atoms with van der Waals surface area (Å²) in [5.41, 5.74) is 7.93. The summed E-state index contributed by atoms with van der Waals surface area (Å²) in [6.07, 6.45) is 0.778. The molecule has 0 aromatic carbocycles. The highest BCUT2D eigenvalue weighted by Gasteiger charge is 2.18. The van der Waals surface area contributed by atoms with Crippen molar-refractivity contribution in [2.75, 3.05) is 13.7 Å². The highest BCUT2D eigenvalue weighted by molar-refractivity contribution is 7.80. The number of pyridine rings is 1. The van der Waals surface area contributed by atoms with E-state index in [4.69, 9.17) is 27.4 Å². The van der Waals surface area contributed by atoms with Crippen molar-refractivity contribution < 1.29 is 9.47 Å². The van der Waals surface area contributed by atoms with Crippen LogP contribution in [0.2, 0.25) is 0 Å². The number of thiocarbonyl (C=S) groups is 1. The molecular weight excluding hydrogens is 260 g/mol. The Hall–Kier alpha value is -1.20. The maximum absolute atomic E-state index is 5.81. The molecule has 4 nitrogen and oxygen atoms in total. The first-order valence-electron chi connectivity index (χ1n) is 6.23. The molecule has 0 saturated carbocycles. The lowest BCUT2D eigenvalue weighted by molar-refractivity contribution is 0.00543. The maximum Gasteiger partial charge on any atom is 0.133 e. The number of aryl methyl sites for hydroxylation is 2. The largest absolute Gasteiger partial charge is 0.493 e. The lowest BCUT2D eigenvalue weighted by Gasteiger charge is -2.23. The Morgan fingerprint density at radius 1 is 1.42 bits per heavy atom. The molecule has 0 radical (unpaired) electrons. The second-order valence-corrected chi connectivity index (χ2v) is 5.59. The third-order valence-corrected chi connectivity index (χ3v) is 3.26. The Kier molecular flexibility index (Phi) is 5.26. The summed E-state index contributed by atoms with van der Waals surface area (Å²) in [7, 11) is 1.70. The Morgan fingerprint density at radius 2 is 2.05 bits per heavy atom. The first-order valence-corrected chi connectivity index (χ1v) is 6.63. The number of ether oxygens (including phenoxy) is 2. The molecule has 0 bridgehead atoms. The van der Waals surface area contributed by atoms with Crippen molar-refractivity contribution in [2.24, 2.45) is 5.73 Å². The molecule has 0 saturated heterocycles. The molecule has 0 aliphatic carbocycles. The summed E-state index contributed by atoms with van der Waals surface area (Å²) in [6, 6.07) is 1.86. The van der Waals surface area contributed by atoms with Gasteiger partial charge < -0.3 is 15.2 Å². The van der Waals surface area contributed by atoms with Crippen LogP contribution in [0, 0.1) is 13.8 Å². The van der Waals surface area contributed by atoms with E-state index in [0.717, 1.165) is 23.4 Å². The summed E-state index contributed by atoms with van der Waals surface area (Å²) in [6.45, 7) is 8.39. The summed E-state index contributed by atoms with van der Waals surface area (Å²) in [4.78, 5) is 4.67. The minimum Gasteiger partial charge on any atom is -0.493 e. The topological polar surface area (TPSA) is 57.4 Å². The Bertz CT molecular complexity index is 473. The van der Waals surface area contributed by atoms with Gasteiger partial charge >= 0.3 is 0 Å². The van der Waals surface area contributed by atoms with Crippen LogP contribution in [0.15, 0.2) is 6.07 Å². The SMILES string of the molecule is COC(C)(C)CCOc1cc(C)nc(C)c1C(N)=S. The molecule has 2 N–H and O–H groups in total. The highest BCUT2D eigenvalue weighted by atomic mass is 32.1. The second kappa shape index (κ2) is 6.30. The summed E-state index contributed by atoms with van der Waals surface area (Å²) in [5.74, 6) is 0.699. The highest BCUT2D eigenvalue weighted by Crippen LogP contribution is 2.23. The Morgan fingerprint density at radius 3 is 2.58 bits per heavy atom. The van der Waals surface area contributed by atoms with Crippen molar-refractivity contribution in [3.8, 4) is 5.75 Å². The van der Waals surface area contributed by atoms with Crippen LogP contribution in [0.4, 0.5) is 0 Å². The zero-order chi connectivity index (χ0) is 14.6. The van der Waals surface area contributed by atoms with E-state index in [-0.39, 0.29) is 5.60 Å². The maximum atomic E-state index is 5.81. The summed E-state index contributed by atoms with van der Waals surface area (Å²) in [5, 5.41) is 0. The van der Waals surface area contributed by atoms with Gasteiger partial charge in [-0.3, -0.25) is 4.98 Å². The zero-order valence-corrected chi connectivity index (χ0v) is 13.1. The number of hydrogen-bond acceptors (Lipinski definition) is 4. The second-order valence-electron chi connectivity index (χ2n) is 5.15. The van der Waals surface area contributed by atoms with Gasteiger partial charge in [0.25, 0.3) is 0 Å². The molecule has 1 heterocycles. The fourth-order valence-electron chi connectivity index (χ4n) is 1.72. The van der Waals surface area contributed by atoms with Crippen LogP contribution >= 0.6 is 12.2 Å². The monoisotopic (exact) mass is 282 g/mol. The molecular formula is C14H22N2O2S. The molecule has 0 fully saturated rings. The van der Waals surface area contributed by atoms with Crippen LogP contribution in [0.3, 0.4) is 0 Å². The Balaban J connectivity index is 2.86. The van der Waals surface area contributed by atoms with Gasteiger partial charge in [0.1, 0.15) is 10.7 Å². The van der Waals surface area contributed by atoms with Crippen LogP contribution < -0.4 is 10.5 Å². The van der Waals surface area contributed by atoms with E-state index in [0.29, 0.717) is 17.3 Å². The number of rotatable bonds is 6. The molecule has 0 spiro atoms. The lowest BCUT2D eigenvalue weighted by Crippen LogP contribution is -2.25. The third kappa shape index (κ3) is 4.44. The predicted molar refractivity (Wildman–Crippen MR) is 80.8 cm³/mol. The van der Waals surface area contributed by atoms with Gasteiger partial charge in [0.15, 0.2) is 0 Å². The molecule has 0 amide bonds. The fourth-order valence-corrected chi connectivity index (χ4v) is 1.96. The van der Waals surface area contributed by atoms with E-state index in [1.54, 1.807) is 7.11 Å². The summed E-state index contributed by atoms with van der Waals surface area (Å²) < 4.78 is 11.2. The van der Waals surface area contributed by atoms with Crippen LogP contribution in [-0.2, 0) is 4.74 Å². The van der Waals surface area contributed by atoms with E-state index in [1.165, 1.54) is 0 Å². The molecule has 0 aliphatic rings. The van der Waals surface area contributed by atoms with Gasteiger partial charge in [-0.15, -0.1) is 0 Å². The lowest BCUT2D eigenvalue weighted by atomic mass is 10.1. The number of hydrogen-bond donors (Lipinski definition) is 1. The number of aromatic nitrogens is 1. The minimum atomic E-state index is -0.208. The van der Waals surface area contributed by atoms with E-state index in [1.807, 2.05) is 33.8 Å². The minimum absolute atomic E-state index is 0.208. The first kappa shape index (κ1) is 15.9. The van der Waals surface area contributed by atoms with Crippen LogP contribution in [0.1, 0.15) is 37.2 Å². The predicted octanol–water partition coefficient (Wildman–Crippen LogP) is 2.53. The average Bonchev–Trinajstić information content (AvgIpc) is 2.27. The smallest absolute Gasteiger partial charge is 0.133 e. The first-order chi connectivity index (χ1) is 8.76. The van der Waals surface area contributed by atoms with E-state index < -0.39 is 0 Å². The van der Waals surface area contributed by atoms with Crippen LogP contribution in [0.5, 0.6) is 5.75 Å². The van der Waals surface area contributed by atoms with Gasteiger partial charge in [0, 0.05) is 25.3 Å². The van der Waals surface area contributed by atoms with Crippen molar-refractivity contribution in [3.05, 3.63) is 23.0 Å². The van der Waals surface area contributed by atoms with Crippen LogP contribution in [-0.4, -0.2) is 29.3 Å². The zero-order valence-electron chi connectivity index (χ0n) is 12.2. The molecule has 0 atom stereocenters. The van der Waals surface area contributed by atoms with Gasteiger partial charge in [-0.25, -0.2) is 0 Å². The molecule has 1 rings (SSSR count). The molecule has 19 heavy (non-hydrogen) atoms. The molecule has 5 heteroatoms. The average molecular weight is 282 g/mol. The Labute approximate surface area is 120 Å². The van der Waals surface area contributed by atoms with Gasteiger partial charge in [0.2, 0.25) is 0 Å². The fraction of sp³-hybridized carbons (Fsp3) is 0.571. The van der Waals surface area contributed by atoms with Gasteiger partial charge in [-0.2, -0.15) is 0 Å². The normalized spacial score (nSPS) is 11.4. The van der Waals surface area contributed by atoms with E-state index in [9.17, 15) is 0 Å². The van der Waals surface area contributed by atoms with E-state index in [2.05, 4.69) is 4.98 Å². The van der Waals surface area contributed by atoms with Crippen molar-refractivity contribution in [3.63, 3.8) is 0 Å². The molecule has 0 unspecified atom stereocenters. The molecule has 1 aromatic rings. The van der Waals surface area contributed by atoms with E-state index >= 15 is 0 Å². The molecule has 0 aliphatic heterocycles. The van der Waals surface area contributed by atoms with Gasteiger partial charge in [-0.05, 0) is 27.7 Å². The van der Waals surface area contributed by atoms with Gasteiger partial charge in [-0.1, -0.05) is 12.2 Å². The molecule has 1 aromatic heterocycles. The van der Waals surface area contributed by atoms with Crippen molar-refractivity contribution in [2.45, 2.75) is 39.7 Å². The van der Waals surface area contributed by atoms with Crippen molar-refractivity contribution in [1.82, 2.24) is 4.98 Å². The quantitative estimate of drug-likeness (QED) is 0.813. The third-order valence-electron chi connectivity index (χ3n) is 3.05. The number of nitrogens with zero attached hydrogens (tertiary/aromatic N) is 1. The van der Waals surface area contributed by atoms with Crippen molar-refractivity contribution >= 4 is 17.2 Å². The number of nitrogens with two attached hydrogens (primary N) is 1. The molecule has 106 valence electrons. The summed E-state index contributed by atoms with van der Waals surface area (Å²) >= 11 is 5.06. The number of methoxy groups -OCH3 is 1. The van der Waals surface area contributed by atoms with Crippen molar-refractivity contribution in [1.29, 1.82) is 0 Å².